The lowest BCUT2D eigenvalue weighted by Crippen LogP contribution is -2.48. The van der Waals surface area contributed by atoms with Gasteiger partial charge in [-0.05, 0) is 37.4 Å². The van der Waals surface area contributed by atoms with E-state index in [1.54, 1.807) is 0 Å². The van der Waals surface area contributed by atoms with E-state index in [4.69, 9.17) is 0 Å². The molecule has 0 saturated carbocycles. The van der Waals surface area contributed by atoms with Gasteiger partial charge in [0.1, 0.15) is 0 Å². The van der Waals surface area contributed by atoms with E-state index in [1.807, 2.05) is 18.0 Å². The fourth-order valence-corrected chi connectivity index (χ4v) is 4.44. The van der Waals surface area contributed by atoms with E-state index >= 15 is 0 Å². The number of nitrogens with zero attached hydrogens (tertiary/aromatic N) is 3. The topological polar surface area (TPSA) is 60.0 Å². The van der Waals surface area contributed by atoms with Crippen molar-refractivity contribution in [1.82, 2.24) is 20.4 Å². The monoisotopic (exact) mass is 557 g/mol. The van der Waals surface area contributed by atoms with E-state index in [2.05, 4.69) is 72.5 Å². The molecule has 1 aliphatic rings. The quantitative estimate of drug-likeness (QED) is 0.234. The largest absolute Gasteiger partial charge is 0.356 e. The Kier molecular flexibility index (Phi) is 13.9. The first-order chi connectivity index (χ1) is 15.0. The van der Waals surface area contributed by atoms with Gasteiger partial charge in [0.15, 0.2) is 5.96 Å². The van der Waals surface area contributed by atoms with Crippen molar-refractivity contribution in [3.63, 3.8) is 0 Å². The van der Waals surface area contributed by atoms with Crippen LogP contribution in [0.3, 0.4) is 0 Å². The molecule has 1 aromatic rings. The highest BCUT2D eigenvalue weighted by molar-refractivity contribution is 14.0. The molecule has 1 fully saturated rings. The first-order valence-electron chi connectivity index (χ1n) is 12.0. The number of halogens is 1. The molecule has 2 N–H and O–H groups in total. The van der Waals surface area contributed by atoms with Crippen molar-refractivity contribution < 1.29 is 4.79 Å². The Morgan fingerprint density at radius 1 is 1.19 bits per heavy atom. The van der Waals surface area contributed by atoms with Crippen LogP contribution < -0.4 is 10.6 Å². The molecule has 182 valence electrons. The van der Waals surface area contributed by atoms with Crippen molar-refractivity contribution in [3.8, 4) is 0 Å². The first-order valence-corrected chi connectivity index (χ1v) is 12.0. The summed E-state index contributed by atoms with van der Waals surface area (Å²) in [6.45, 7) is 14.4. The fraction of sp³-hybridized carbons (Fsp3) is 0.680. The van der Waals surface area contributed by atoms with Crippen LogP contribution in [0.5, 0.6) is 0 Å². The van der Waals surface area contributed by atoms with E-state index in [-0.39, 0.29) is 29.9 Å². The molecule has 6 nitrogen and oxygen atoms in total. The van der Waals surface area contributed by atoms with Crippen molar-refractivity contribution in [2.45, 2.75) is 53.0 Å². The molecule has 2 atom stereocenters. The van der Waals surface area contributed by atoms with Crippen LogP contribution in [0.2, 0.25) is 0 Å². The summed E-state index contributed by atoms with van der Waals surface area (Å²) in [7, 11) is 1.82. The maximum absolute atomic E-state index is 12.4. The lowest BCUT2D eigenvalue weighted by atomic mass is 10.0. The zero-order chi connectivity index (χ0) is 22.6. The number of nitrogens with one attached hydrogen (secondary N) is 2. The average molecular weight is 558 g/mol. The summed E-state index contributed by atoms with van der Waals surface area (Å²) in [5.74, 6) is 2.09. The highest BCUT2D eigenvalue weighted by atomic mass is 127. The van der Waals surface area contributed by atoms with Crippen LogP contribution in [0, 0.1) is 11.8 Å². The molecule has 1 amide bonds. The number of likely N-dealkylation sites (N-methyl/N-ethyl adjacent to an activating group) is 1. The summed E-state index contributed by atoms with van der Waals surface area (Å²) in [6.07, 6.45) is 2.70. The summed E-state index contributed by atoms with van der Waals surface area (Å²) >= 11 is 0. The standard InChI is InChI=1S/C25H43N5O.HI/c1-6-29(7-2)23(15-20(3)4)18-28-25(26-5)27-17-22-16-24(31)30(19-22)14-13-21-11-9-8-10-12-21;/h8-12,20,22-23H,6-7,13-19H2,1-5H3,(H2,26,27,28);1H. The van der Waals surface area contributed by atoms with E-state index in [0.29, 0.717) is 24.3 Å². The number of guanidine groups is 1. The predicted octanol–water partition coefficient (Wildman–Crippen LogP) is 3.62. The maximum Gasteiger partial charge on any atom is 0.223 e. The number of hydrogen-bond donors (Lipinski definition) is 2. The molecule has 0 aliphatic carbocycles. The molecular formula is C25H44IN5O. The van der Waals surface area contributed by atoms with Gasteiger partial charge in [0.2, 0.25) is 5.91 Å². The summed E-state index contributed by atoms with van der Waals surface area (Å²) in [4.78, 5) is 21.4. The van der Waals surface area contributed by atoms with Gasteiger partial charge >= 0.3 is 0 Å². The number of likely N-dealkylation sites (tertiary alicyclic amines) is 1. The van der Waals surface area contributed by atoms with E-state index in [1.165, 1.54) is 12.0 Å². The average Bonchev–Trinajstić information content (AvgIpc) is 3.12. The summed E-state index contributed by atoms with van der Waals surface area (Å²) in [5.41, 5.74) is 1.28. The minimum absolute atomic E-state index is 0. The van der Waals surface area contributed by atoms with Gasteiger partial charge in [-0.1, -0.05) is 58.0 Å². The number of benzene rings is 1. The molecule has 1 aromatic carbocycles. The molecule has 32 heavy (non-hydrogen) atoms. The highest BCUT2D eigenvalue weighted by Crippen LogP contribution is 2.17. The number of rotatable bonds is 12. The van der Waals surface area contributed by atoms with Gasteiger partial charge in [-0.3, -0.25) is 14.7 Å². The molecule has 1 aliphatic heterocycles. The van der Waals surface area contributed by atoms with E-state index in [0.717, 1.165) is 51.6 Å². The second kappa shape index (κ2) is 15.5. The van der Waals surface area contributed by atoms with Crippen LogP contribution in [-0.2, 0) is 11.2 Å². The molecule has 7 heteroatoms. The lowest BCUT2D eigenvalue weighted by molar-refractivity contribution is -0.127. The van der Waals surface area contributed by atoms with Crippen LogP contribution in [0.4, 0.5) is 0 Å². The van der Waals surface area contributed by atoms with Gasteiger partial charge in [0.05, 0.1) is 0 Å². The fourth-order valence-electron chi connectivity index (χ4n) is 4.44. The van der Waals surface area contributed by atoms with Crippen LogP contribution in [0.1, 0.15) is 46.1 Å². The predicted molar refractivity (Wildman–Crippen MR) is 146 cm³/mol. The van der Waals surface area contributed by atoms with Crippen molar-refractivity contribution in [3.05, 3.63) is 35.9 Å². The Balaban J connectivity index is 0.00000512. The molecule has 0 radical (unpaired) electrons. The molecular weight excluding hydrogens is 513 g/mol. The van der Waals surface area contributed by atoms with Crippen molar-refractivity contribution >= 4 is 35.8 Å². The second-order valence-electron chi connectivity index (χ2n) is 8.98. The van der Waals surface area contributed by atoms with Crippen LogP contribution in [0.25, 0.3) is 0 Å². The number of carbonyl (C=O) groups excluding carboxylic acids is 1. The van der Waals surface area contributed by atoms with Gasteiger partial charge in [0, 0.05) is 51.6 Å². The van der Waals surface area contributed by atoms with Gasteiger partial charge in [-0.15, -0.1) is 24.0 Å². The Bertz CT molecular complexity index is 678. The normalized spacial score (nSPS) is 17.6. The zero-order valence-electron chi connectivity index (χ0n) is 20.6. The Morgan fingerprint density at radius 2 is 1.88 bits per heavy atom. The van der Waals surface area contributed by atoms with Crippen LogP contribution >= 0.6 is 24.0 Å². The minimum Gasteiger partial charge on any atom is -0.356 e. The third-order valence-electron chi connectivity index (χ3n) is 6.17. The molecule has 0 spiro atoms. The molecule has 1 saturated heterocycles. The summed E-state index contributed by atoms with van der Waals surface area (Å²) in [6, 6.07) is 10.9. The van der Waals surface area contributed by atoms with Gasteiger partial charge in [-0.25, -0.2) is 0 Å². The van der Waals surface area contributed by atoms with Gasteiger partial charge < -0.3 is 15.5 Å². The van der Waals surface area contributed by atoms with Crippen LogP contribution in [0.15, 0.2) is 35.3 Å². The first kappa shape index (κ1) is 28.7. The SMILES string of the molecule is CCN(CC)C(CNC(=NC)NCC1CC(=O)N(CCc2ccccc2)C1)CC(C)C.I. The molecule has 2 rings (SSSR count). The molecule has 1 heterocycles. The second-order valence-corrected chi connectivity index (χ2v) is 8.98. The maximum atomic E-state index is 12.4. The molecule has 2 unspecified atom stereocenters. The number of aliphatic imine (C=N–C) groups is 1. The Labute approximate surface area is 212 Å². The van der Waals surface area contributed by atoms with E-state index < -0.39 is 0 Å². The van der Waals surface area contributed by atoms with Gasteiger partial charge in [0.25, 0.3) is 0 Å². The molecule has 0 aromatic heterocycles. The van der Waals surface area contributed by atoms with Crippen molar-refractivity contribution in [1.29, 1.82) is 0 Å². The number of amides is 1. The highest BCUT2D eigenvalue weighted by Gasteiger charge is 2.29. The van der Waals surface area contributed by atoms with Crippen molar-refractivity contribution in [2.24, 2.45) is 16.8 Å². The van der Waals surface area contributed by atoms with Gasteiger partial charge in [-0.2, -0.15) is 0 Å². The van der Waals surface area contributed by atoms with Crippen LogP contribution in [-0.4, -0.2) is 74.0 Å². The molecule has 0 bridgehead atoms. The smallest absolute Gasteiger partial charge is 0.223 e. The lowest BCUT2D eigenvalue weighted by Gasteiger charge is -2.31. The third kappa shape index (κ3) is 9.65. The third-order valence-corrected chi connectivity index (χ3v) is 6.17. The Hall–Kier alpha value is -1.35. The summed E-state index contributed by atoms with van der Waals surface area (Å²) in [5, 5.41) is 6.97. The number of hydrogen-bond acceptors (Lipinski definition) is 3. The van der Waals surface area contributed by atoms with E-state index in [9.17, 15) is 4.79 Å². The zero-order valence-corrected chi connectivity index (χ0v) is 23.0. The van der Waals surface area contributed by atoms with Crippen molar-refractivity contribution in [2.75, 3.05) is 46.3 Å². The minimum atomic E-state index is 0. The summed E-state index contributed by atoms with van der Waals surface area (Å²) < 4.78 is 0. The number of carbonyl (C=O) groups is 1. The Morgan fingerprint density at radius 3 is 2.47 bits per heavy atom.